The van der Waals surface area contributed by atoms with Crippen molar-refractivity contribution in [3.05, 3.63) is 58.5 Å². The van der Waals surface area contributed by atoms with Crippen molar-refractivity contribution < 1.29 is 13.6 Å². The molecule has 1 aliphatic heterocycles. The molecule has 4 rings (SSSR count). The van der Waals surface area contributed by atoms with Gasteiger partial charge < -0.3 is 4.90 Å². The molecule has 9 heteroatoms. The molecule has 1 saturated heterocycles. The average Bonchev–Trinajstić information content (AvgIpc) is 3.35. The lowest BCUT2D eigenvalue weighted by molar-refractivity contribution is 0.0528. The van der Waals surface area contributed by atoms with E-state index in [1.165, 1.54) is 13.0 Å². The van der Waals surface area contributed by atoms with Gasteiger partial charge in [-0.1, -0.05) is 29.8 Å². The van der Waals surface area contributed by atoms with Crippen molar-refractivity contribution in [1.82, 2.24) is 24.9 Å². The largest absolute Gasteiger partial charge is 0.337 e. The number of nitrogens with one attached hydrogen (secondary N) is 1. The number of H-pyrrole nitrogens is 1. The van der Waals surface area contributed by atoms with Crippen molar-refractivity contribution in [2.75, 3.05) is 13.1 Å². The van der Waals surface area contributed by atoms with Crippen molar-refractivity contribution in [3.8, 4) is 11.3 Å². The first-order chi connectivity index (χ1) is 13.9. The number of alkyl halides is 2. The van der Waals surface area contributed by atoms with Gasteiger partial charge in [-0.15, -0.1) is 0 Å². The average molecular weight is 420 g/mol. The molecular weight excluding hydrogens is 400 g/mol. The zero-order valence-corrected chi connectivity index (χ0v) is 16.5. The summed E-state index contributed by atoms with van der Waals surface area (Å²) in [5.41, 5.74) is 2.99. The van der Waals surface area contributed by atoms with E-state index in [1.54, 1.807) is 4.90 Å². The first kappa shape index (κ1) is 19.6. The summed E-state index contributed by atoms with van der Waals surface area (Å²) in [6, 6.07) is 10.9. The second-order valence-corrected chi connectivity index (χ2v) is 7.56. The van der Waals surface area contributed by atoms with E-state index < -0.39 is 6.55 Å². The topological polar surface area (TPSA) is 66.8 Å². The number of hydrogen-bond acceptors (Lipinski definition) is 3. The quantitative estimate of drug-likeness (QED) is 0.669. The van der Waals surface area contributed by atoms with E-state index in [4.69, 9.17) is 11.6 Å². The molecule has 1 aliphatic rings. The number of piperidine rings is 1. The molecule has 6 nitrogen and oxygen atoms in total. The van der Waals surface area contributed by atoms with Crippen LogP contribution in [0.1, 0.15) is 47.2 Å². The van der Waals surface area contributed by atoms with Crippen LogP contribution < -0.4 is 0 Å². The molecule has 1 fully saturated rings. The van der Waals surface area contributed by atoms with Crippen molar-refractivity contribution >= 4 is 17.5 Å². The van der Waals surface area contributed by atoms with Gasteiger partial charge in [-0.3, -0.25) is 9.89 Å². The molecule has 29 heavy (non-hydrogen) atoms. The number of hydrogen-bond donors (Lipinski definition) is 1. The van der Waals surface area contributed by atoms with Gasteiger partial charge in [0.1, 0.15) is 0 Å². The first-order valence-corrected chi connectivity index (χ1v) is 9.75. The van der Waals surface area contributed by atoms with Crippen LogP contribution in [0.2, 0.25) is 5.02 Å². The number of aromatic amines is 1. The van der Waals surface area contributed by atoms with E-state index in [1.807, 2.05) is 30.3 Å². The summed E-state index contributed by atoms with van der Waals surface area (Å²) in [7, 11) is 0. The van der Waals surface area contributed by atoms with Gasteiger partial charge in [0.15, 0.2) is 5.69 Å². The van der Waals surface area contributed by atoms with Gasteiger partial charge in [-0.2, -0.15) is 19.0 Å². The zero-order valence-electron chi connectivity index (χ0n) is 15.8. The van der Waals surface area contributed by atoms with Crippen LogP contribution in [0.4, 0.5) is 8.78 Å². The molecule has 0 spiro atoms. The number of halogens is 3. The Kier molecular flexibility index (Phi) is 5.36. The predicted octanol–water partition coefficient (Wildman–Crippen LogP) is 4.65. The van der Waals surface area contributed by atoms with Crippen LogP contribution >= 0.6 is 11.6 Å². The van der Waals surface area contributed by atoms with Gasteiger partial charge in [-0.25, -0.2) is 4.68 Å². The lowest BCUT2D eigenvalue weighted by Gasteiger charge is -2.31. The van der Waals surface area contributed by atoms with E-state index in [0.717, 1.165) is 29.8 Å². The number of likely N-dealkylation sites (tertiary alicyclic amines) is 1. The molecule has 0 bridgehead atoms. The Balaban J connectivity index is 1.42. The molecule has 152 valence electrons. The molecule has 3 heterocycles. The number of nitrogens with zero attached hydrogens (tertiary/aromatic N) is 4. The summed E-state index contributed by atoms with van der Waals surface area (Å²) in [5.74, 6) is -0.0736. The van der Waals surface area contributed by atoms with E-state index >= 15 is 0 Å². The number of aryl methyl sites for hydroxylation is 1. The van der Waals surface area contributed by atoms with E-state index in [-0.39, 0.29) is 23.2 Å². The Morgan fingerprint density at radius 1 is 1.24 bits per heavy atom. The molecule has 1 N–H and O–H groups in total. The molecule has 0 aliphatic carbocycles. The first-order valence-electron chi connectivity index (χ1n) is 9.38. The lowest BCUT2D eigenvalue weighted by Crippen LogP contribution is -2.38. The number of aromatic nitrogens is 4. The molecule has 0 atom stereocenters. The monoisotopic (exact) mass is 419 g/mol. The second kappa shape index (κ2) is 7.94. The summed E-state index contributed by atoms with van der Waals surface area (Å²) in [4.78, 5) is 14.3. The van der Waals surface area contributed by atoms with Crippen LogP contribution in [-0.2, 0) is 0 Å². The minimum atomic E-state index is -2.75. The molecule has 2 aromatic heterocycles. The minimum Gasteiger partial charge on any atom is -0.337 e. The molecule has 3 aromatic rings. The Morgan fingerprint density at radius 3 is 2.62 bits per heavy atom. The Hall–Kier alpha value is -2.74. The maximum absolute atomic E-state index is 12.9. The highest BCUT2D eigenvalue weighted by molar-refractivity contribution is 6.33. The third kappa shape index (κ3) is 3.89. The smallest absolute Gasteiger partial charge is 0.333 e. The van der Waals surface area contributed by atoms with Crippen molar-refractivity contribution in [3.63, 3.8) is 0 Å². The number of benzene rings is 1. The van der Waals surface area contributed by atoms with Crippen LogP contribution in [0.15, 0.2) is 36.4 Å². The van der Waals surface area contributed by atoms with Crippen LogP contribution in [-0.4, -0.2) is 43.9 Å². The summed E-state index contributed by atoms with van der Waals surface area (Å²) in [6.07, 6.45) is 1.51. The van der Waals surface area contributed by atoms with Gasteiger partial charge in [0.2, 0.25) is 0 Å². The third-order valence-electron chi connectivity index (χ3n) is 5.30. The Labute approximate surface area is 171 Å². The van der Waals surface area contributed by atoms with E-state index in [0.29, 0.717) is 22.8 Å². The molecule has 0 radical (unpaired) electrons. The van der Waals surface area contributed by atoms with Gasteiger partial charge in [0.25, 0.3) is 5.91 Å². The van der Waals surface area contributed by atoms with Crippen LogP contribution in [0.25, 0.3) is 11.3 Å². The summed E-state index contributed by atoms with van der Waals surface area (Å²) in [6.45, 7) is -0.179. The van der Waals surface area contributed by atoms with E-state index in [9.17, 15) is 13.6 Å². The molecule has 0 saturated carbocycles. The van der Waals surface area contributed by atoms with Gasteiger partial charge in [0.05, 0.1) is 10.7 Å². The fourth-order valence-corrected chi connectivity index (χ4v) is 3.93. The highest BCUT2D eigenvalue weighted by Gasteiger charge is 2.28. The number of rotatable bonds is 4. The number of carbonyl (C=O) groups is 1. The summed E-state index contributed by atoms with van der Waals surface area (Å²) < 4.78 is 26.4. The molecule has 1 aromatic carbocycles. The van der Waals surface area contributed by atoms with Gasteiger partial charge in [0, 0.05) is 36.0 Å². The predicted molar refractivity (Wildman–Crippen MR) is 105 cm³/mol. The van der Waals surface area contributed by atoms with Crippen LogP contribution in [0, 0.1) is 6.92 Å². The lowest BCUT2D eigenvalue weighted by atomic mass is 9.93. The van der Waals surface area contributed by atoms with Crippen LogP contribution in [0.5, 0.6) is 0 Å². The number of carbonyl (C=O) groups excluding carboxylic acids is 1. The Morgan fingerprint density at radius 2 is 1.97 bits per heavy atom. The maximum atomic E-state index is 12.9. The minimum absolute atomic E-state index is 0.0591. The molecule has 1 amide bonds. The SMILES string of the molecule is Cc1cc(C(=O)N2CCC(c3cc(-c4ccccc4Cl)n[nH]3)CC2)nn1C(F)F. The van der Waals surface area contributed by atoms with Crippen molar-refractivity contribution in [1.29, 1.82) is 0 Å². The van der Waals surface area contributed by atoms with Gasteiger partial charge in [-0.05, 0) is 38.0 Å². The molecule has 0 unspecified atom stereocenters. The normalized spacial score (nSPS) is 15.3. The number of amides is 1. The van der Waals surface area contributed by atoms with E-state index in [2.05, 4.69) is 15.3 Å². The molecular formula is C20H20ClF2N5O. The van der Waals surface area contributed by atoms with Crippen LogP contribution in [0.3, 0.4) is 0 Å². The maximum Gasteiger partial charge on any atom is 0.333 e. The third-order valence-corrected chi connectivity index (χ3v) is 5.63. The van der Waals surface area contributed by atoms with Gasteiger partial charge >= 0.3 is 6.55 Å². The summed E-state index contributed by atoms with van der Waals surface area (Å²) >= 11 is 6.25. The zero-order chi connectivity index (χ0) is 20.5. The van der Waals surface area contributed by atoms with Crippen molar-refractivity contribution in [2.24, 2.45) is 0 Å². The van der Waals surface area contributed by atoms with Crippen molar-refractivity contribution in [2.45, 2.75) is 32.2 Å². The second-order valence-electron chi connectivity index (χ2n) is 7.15. The standard InChI is InChI=1S/C20H20ClF2N5O/c1-12-10-18(26-28(12)20(22)23)19(29)27-8-6-13(7-9-27)16-11-17(25-24-16)14-4-2-3-5-15(14)21/h2-5,10-11,13,20H,6-9H2,1H3,(H,24,25). The Bertz CT molecular complexity index is 1020. The highest BCUT2D eigenvalue weighted by atomic mass is 35.5. The highest BCUT2D eigenvalue weighted by Crippen LogP contribution is 2.32. The fraction of sp³-hybridized carbons (Fsp3) is 0.350. The summed E-state index contributed by atoms with van der Waals surface area (Å²) in [5, 5.41) is 11.9. The fourth-order valence-electron chi connectivity index (χ4n) is 3.70.